The second kappa shape index (κ2) is 12.8. The van der Waals surface area contributed by atoms with Crippen LogP contribution in [0.5, 0.6) is 5.75 Å². The second-order valence-corrected chi connectivity index (χ2v) is 11.4. The Morgan fingerprint density at radius 1 is 1.02 bits per heavy atom. The number of amidine groups is 1. The predicted octanol–water partition coefficient (Wildman–Crippen LogP) is 3.22. The fourth-order valence-electron chi connectivity index (χ4n) is 4.22. The molecule has 41 heavy (non-hydrogen) atoms. The minimum atomic E-state index is -3.88. The summed E-state index contributed by atoms with van der Waals surface area (Å²) in [6.45, 7) is 2.57. The summed E-state index contributed by atoms with van der Waals surface area (Å²) < 4.78 is 41.6. The van der Waals surface area contributed by atoms with Crippen LogP contribution >= 0.6 is 0 Å². The number of hydrogen-bond acceptors (Lipinski definition) is 8. The van der Waals surface area contributed by atoms with Gasteiger partial charge in [-0.3, -0.25) is 14.5 Å². The van der Waals surface area contributed by atoms with E-state index in [1.807, 2.05) is 19.0 Å². The number of nitrogens with zero attached hydrogens (tertiary/aromatic N) is 4. The lowest BCUT2D eigenvalue weighted by Crippen LogP contribution is -2.36. The van der Waals surface area contributed by atoms with Crippen LogP contribution in [-0.4, -0.2) is 68.5 Å². The third kappa shape index (κ3) is 7.02. The first-order chi connectivity index (χ1) is 19.6. The molecule has 0 radical (unpaired) electrons. The van der Waals surface area contributed by atoms with Gasteiger partial charge >= 0.3 is 5.97 Å². The molecule has 0 atom stereocenters. The number of benzene rings is 3. The van der Waals surface area contributed by atoms with Crippen molar-refractivity contribution in [2.45, 2.75) is 25.0 Å². The lowest BCUT2D eigenvalue weighted by Gasteiger charge is -2.26. The molecule has 0 saturated carbocycles. The van der Waals surface area contributed by atoms with Gasteiger partial charge in [0.25, 0.3) is 10.0 Å². The van der Waals surface area contributed by atoms with Crippen molar-refractivity contribution in [3.05, 3.63) is 84.2 Å². The maximum atomic E-state index is 13.7. The van der Waals surface area contributed by atoms with Crippen LogP contribution in [0.3, 0.4) is 0 Å². The van der Waals surface area contributed by atoms with Crippen LogP contribution in [0.2, 0.25) is 0 Å². The van der Waals surface area contributed by atoms with Crippen LogP contribution in [0.25, 0.3) is 11.0 Å². The van der Waals surface area contributed by atoms with E-state index in [9.17, 15) is 13.2 Å². The Morgan fingerprint density at radius 3 is 2.37 bits per heavy atom. The molecule has 0 saturated heterocycles. The zero-order chi connectivity index (χ0) is 29.6. The highest BCUT2D eigenvalue weighted by atomic mass is 32.2. The summed E-state index contributed by atoms with van der Waals surface area (Å²) in [7, 11) is -0.116. The molecule has 4 aromatic rings. The molecule has 0 aliphatic rings. The molecule has 1 heterocycles. The average molecular weight is 579 g/mol. The number of imidazole rings is 1. The lowest BCUT2D eigenvalue weighted by molar-refractivity contribution is -0.143. The number of nitrogens with two attached hydrogens (primary N) is 1. The summed E-state index contributed by atoms with van der Waals surface area (Å²) in [6.07, 6.45) is 0. The fourth-order valence-corrected chi connectivity index (χ4v) is 5.68. The van der Waals surface area contributed by atoms with Crippen molar-refractivity contribution in [3.8, 4) is 5.75 Å². The van der Waals surface area contributed by atoms with Crippen molar-refractivity contribution < 1.29 is 22.7 Å². The minimum absolute atomic E-state index is 0.0372. The van der Waals surface area contributed by atoms with E-state index < -0.39 is 16.0 Å². The van der Waals surface area contributed by atoms with Crippen LogP contribution in [-0.2, 0) is 32.7 Å². The summed E-state index contributed by atoms with van der Waals surface area (Å²) in [6, 6.07) is 20.2. The van der Waals surface area contributed by atoms with Crippen molar-refractivity contribution in [2.24, 2.45) is 5.73 Å². The van der Waals surface area contributed by atoms with E-state index in [4.69, 9.17) is 20.6 Å². The molecule has 0 bridgehead atoms. The summed E-state index contributed by atoms with van der Waals surface area (Å²) in [4.78, 5) is 19.3. The zero-order valence-electron chi connectivity index (χ0n) is 23.3. The Bertz CT molecular complexity index is 1620. The molecule has 0 amide bonds. The quantitative estimate of drug-likeness (QED) is 0.140. The molecule has 0 aliphatic carbocycles. The molecule has 11 nitrogen and oxygen atoms in total. The normalized spacial score (nSPS) is 11.5. The van der Waals surface area contributed by atoms with Crippen LogP contribution in [0.15, 0.2) is 77.7 Å². The third-order valence-corrected chi connectivity index (χ3v) is 8.15. The highest BCUT2D eigenvalue weighted by Crippen LogP contribution is 2.28. The van der Waals surface area contributed by atoms with Crippen LogP contribution in [0, 0.1) is 5.41 Å². The fraction of sp³-hybridized carbons (Fsp3) is 0.276. The molecule has 1 aromatic heterocycles. The van der Waals surface area contributed by atoms with E-state index in [1.54, 1.807) is 84.3 Å². The van der Waals surface area contributed by atoms with E-state index >= 15 is 0 Å². The van der Waals surface area contributed by atoms with Gasteiger partial charge in [0, 0.05) is 18.7 Å². The Hall–Kier alpha value is -4.42. The number of aromatic nitrogens is 2. The zero-order valence-corrected chi connectivity index (χ0v) is 24.1. The van der Waals surface area contributed by atoms with Gasteiger partial charge in [-0.15, -0.1) is 0 Å². The first-order valence-corrected chi connectivity index (χ1v) is 14.5. The summed E-state index contributed by atoms with van der Waals surface area (Å²) in [5.74, 6) is 0.504. The molecule has 0 aliphatic heterocycles. The molecular weight excluding hydrogens is 544 g/mol. The third-order valence-electron chi connectivity index (χ3n) is 6.31. The number of hydrogen-bond donors (Lipinski definition) is 2. The number of fused-ring (bicyclic) bond motifs is 1. The first kappa shape index (κ1) is 29.6. The number of likely N-dealkylation sites (N-methyl/N-ethyl adjacent to an activating group) is 1. The van der Waals surface area contributed by atoms with Gasteiger partial charge in [-0.2, -0.15) is 0 Å². The number of nitrogens with one attached hydrogen (secondary N) is 1. The standard InChI is InChI=1S/C29H34N6O5S/c1-4-39-28(36)19-34-26-18-22(35(17-16-33(2)3)41(37,38)24-8-6-5-7-9-24)12-15-25(26)32-27(34)20-40-23-13-10-21(11-14-23)29(30)31/h5-15,18H,4,16-17,19-20H2,1-3H3,(H3,30,31). The molecule has 12 heteroatoms. The molecule has 0 unspecified atom stereocenters. The van der Waals surface area contributed by atoms with Gasteiger partial charge in [-0.05, 0) is 75.6 Å². The predicted molar refractivity (Wildman–Crippen MR) is 158 cm³/mol. The number of carbonyl (C=O) groups excluding carboxylic acids is 1. The Morgan fingerprint density at radius 2 is 1.73 bits per heavy atom. The number of anilines is 1. The number of rotatable bonds is 13. The largest absolute Gasteiger partial charge is 0.486 e. The molecule has 0 fully saturated rings. The van der Waals surface area contributed by atoms with Gasteiger partial charge in [0.2, 0.25) is 0 Å². The van der Waals surface area contributed by atoms with Gasteiger partial charge in [0.1, 0.15) is 30.6 Å². The summed E-state index contributed by atoms with van der Waals surface area (Å²) >= 11 is 0. The van der Waals surface area contributed by atoms with E-state index in [1.165, 1.54) is 4.31 Å². The monoisotopic (exact) mass is 578 g/mol. The average Bonchev–Trinajstić information content (AvgIpc) is 3.28. The number of sulfonamides is 1. The maximum Gasteiger partial charge on any atom is 0.326 e. The molecule has 216 valence electrons. The van der Waals surface area contributed by atoms with E-state index in [-0.39, 0.29) is 37.0 Å². The number of esters is 1. The van der Waals surface area contributed by atoms with Gasteiger partial charge in [-0.1, -0.05) is 18.2 Å². The van der Waals surface area contributed by atoms with Gasteiger partial charge < -0.3 is 24.7 Å². The van der Waals surface area contributed by atoms with Crippen LogP contribution in [0.4, 0.5) is 5.69 Å². The van der Waals surface area contributed by atoms with Crippen molar-refractivity contribution in [1.29, 1.82) is 5.41 Å². The van der Waals surface area contributed by atoms with Gasteiger partial charge in [-0.25, -0.2) is 13.4 Å². The minimum Gasteiger partial charge on any atom is -0.486 e. The summed E-state index contributed by atoms with van der Waals surface area (Å²) in [5, 5.41) is 7.55. The smallest absolute Gasteiger partial charge is 0.326 e. The van der Waals surface area contributed by atoms with Crippen LogP contribution < -0.4 is 14.8 Å². The lowest BCUT2D eigenvalue weighted by atomic mass is 10.2. The highest BCUT2D eigenvalue weighted by molar-refractivity contribution is 7.92. The Kier molecular flexibility index (Phi) is 9.25. The summed E-state index contributed by atoms with van der Waals surface area (Å²) in [5.41, 5.74) is 7.70. The van der Waals surface area contributed by atoms with Crippen LogP contribution in [0.1, 0.15) is 18.3 Å². The number of nitrogen functional groups attached to an aromatic ring is 1. The Labute approximate surface area is 239 Å². The number of carbonyl (C=O) groups is 1. The molecule has 4 rings (SSSR count). The molecule has 0 spiro atoms. The molecule has 3 aromatic carbocycles. The SMILES string of the molecule is CCOC(=O)Cn1c(COc2ccc(C(=N)N)cc2)nc2ccc(N(CCN(C)C)S(=O)(=O)c3ccccc3)cc21. The number of ether oxygens (including phenoxy) is 2. The van der Waals surface area contributed by atoms with Crippen molar-refractivity contribution >= 4 is 38.5 Å². The molecular formula is C29H34N6O5S. The van der Waals surface area contributed by atoms with Crippen molar-refractivity contribution in [1.82, 2.24) is 14.5 Å². The van der Waals surface area contributed by atoms with Gasteiger partial charge in [0.05, 0.1) is 28.2 Å². The molecule has 3 N–H and O–H groups in total. The van der Waals surface area contributed by atoms with Crippen molar-refractivity contribution in [2.75, 3.05) is 38.1 Å². The topological polar surface area (TPSA) is 144 Å². The van der Waals surface area contributed by atoms with Gasteiger partial charge in [0.15, 0.2) is 0 Å². The highest BCUT2D eigenvalue weighted by Gasteiger charge is 2.26. The van der Waals surface area contributed by atoms with E-state index in [2.05, 4.69) is 4.98 Å². The maximum absolute atomic E-state index is 13.7. The van der Waals surface area contributed by atoms with Crippen molar-refractivity contribution in [3.63, 3.8) is 0 Å². The Balaban J connectivity index is 1.74. The second-order valence-electron chi connectivity index (χ2n) is 9.51. The first-order valence-electron chi connectivity index (χ1n) is 13.0. The van der Waals surface area contributed by atoms with E-state index in [0.717, 1.165) is 0 Å². The van der Waals surface area contributed by atoms with E-state index in [0.29, 0.717) is 40.4 Å².